The summed E-state index contributed by atoms with van der Waals surface area (Å²) in [4.78, 5) is 44.6. The number of guanidine groups is 1. The molecule has 0 aliphatic carbocycles. The SMILES string of the molecule is CC[C@H](C(=O)N1CCN/C1=N/c1ccc2[nH]cnc2c1Br)[C@H](COC(=O)C(C)(C)C)Cc1cncn1C. The molecule has 1 amide bonds. The zero-order valence-electron chi connectivity index (χ0n) is 21.9. The molecule has 3 heterocycles. The van der Waals surface area contributed by atoms with Crippen LogP contribution in [0.15, 0.2) is 40.4 Å². The van der Waals surface area contributed by atoms with Crippen LogP contribution >= 0.6 is 15.9 Å². The lowest BCUT2D eigenvalue weighted by molar-refractivity contribution is -0.156. The maximum Gasteiger partial charge on any atom is 0.311 e. The molecule has 37 heavy (non-hydrogen) atoms. The quantitative estimate of drug-likeness (QED) is 0.395. The largest absolute Gasteiger partial charge is 0.465 e. The van der Waals surface area contributed by atoms with Gasteiger partial charge in [0.1, 0.15) is 5.52 Å². The minimum atomic E-state index is -0.621. The van der Waals surface area contributed by atoms with E-state index in [1.54, 1.807) is 23.8 Å². The minimum absolute atomic E-state index is 0.0396. The lowest BCUT2D eigenvalue weighted by atomic mass is 9.85. The molecule has 198 valence electrons. The number of hydrogen-bond donors (Lipinski definition) is 2. The van der Waals surface area contributed by atoms with E-state index in [-0.39, 0.29) is 30.3 Å². The Kier molecular flexibility index (Phi) is 8.01. The standard InChI is InChI=1S/C26H34BrN7O3/c1-6-18(16(11-17-12-28-15-33(17)5)13-37-24(36)26(2,3)4)23(35)34-10-9-29-25(34)32-19-7-8-20-22(21(19)27)31-14-30-20/h7-8,12,14-16,18H,6,9-11,13H2,1-5H3,(H,29,32)(H,30,31)/t16-,18-/m0/s1. The molecule has 0 unspecified atom stereocenters. The van der Waals surface area contributed by atoms with Crippen LogP contribution in [0.4, 0.5) is 5.69 Å². The fraction of sp³-hybridized carbons (Fsp3) is 0.500. The Bertz CT molecular complexity index is 1310. The first-order valence-electron chi connectivity index (χ1n) is 12.5. The molecule has 1 aromatic carbocycles. The van der Waals surface area contributed by atoms with Gasteiger partial charge in [-0.25, -0.2) is 15.0 Å². The van der Waals surface area contributed by atoms with Gasteiger partial charge in [0.15, 0.2) is 0 Å². The van der Waals surface area contributed by atoms with Gasteiger partial charge >= 0.3 is 5.97 Å². The summed E-state index contributed by atoms with van der Waals surface area (Å²) in [6, 6.07) is 3.80. The van der Waals surface area contributed by atoms with E-state index in [4.69, 9.17) is 9.73 Å². The number of nitrogens with zero attached hydrogens (tertiary/aromatic N) is 5. The first-order chi connectivity index (χ1) is 17.6. The molecule has 4 rings (SSSR count). The number of benzene rings is 1. The van der Waals surface area contributed by atoms with Gasteiger partial charge in [0.25, 0.3) is 0 Å². The number of carbonyl (C=O) groups is 2. The van der Waals surface area contributed by atoms with Crippen molar-refractivity contribution in [1.29, 1.82) is 0 Å². The van der Waals surface area contributed by atoms with Crippen LogP contribution in [0, 0.1) is 17.3 Å². The first-order valence-corrected chi connectivity index (χ1v) is 13.3. The Morgan fingerprint density at radius 3 is 2.76 bits per heavy atom. The maximum atomic E-state index is 13.9. The van der Waals surface area contributed by atoms with Gasteiger partial charge in [-0.05, 0) is 61.7 Å². The van der Waals surface area contributed by atoms with Gasteiger partial charge in [-0.2, -0.15) is 0 Å². The van der Waals surface area contributed by atoms with E-state index in [0.717, 1.165) is 21.2 Å². The molecule has 11 heteroatoms. The summed E-state index contributed by atoms with van der Waals surface area (Å²) in [7, 11) is 1.92. The van der Waals surface area contributed by atoms with Crippen molar-refractivity contribution in [2.75, 3.05) is 19.7 Å². The van der Waals surface area contributed by atoms with Crippen LogP contribution in [0.1, 0.15) is 39.8 Å². The van der Waals surface area contributed by atoms with Crippen molar-refractivity contribution in [2.45, 2.75) is 40.5 Å². The second kappa shape index (κ2) is 11.0. The Hall–Kier alpha value is -3.21. The summed E-state index contributed by atoms with van der Waals surface area (Å²) in [6.07, 6.45) is 6.33. The molecule has 1 aliphatic heterocycles. The summed E-state index contributed by atoms with van der Waals surface area (Å²) in [5.41, 5.74) is 2.72. The number of carbonyl (C=O) groups excluding carboxylic acids is 2. The number of rotatable bonds is 8. The van der Waals surface area contributed by atoms with Crippen molar-refractivity contribution >= 4 is 50.5 Å². The van der Waals surface area contributed by atoms with Crippen LogP contribution < -0.4 is 5.32 Å². The smallest absolute Gasteiger partial charge is 0.311 e. The first kappa shape index (κ1) is 26.8. The number of fused-ring (bicyclic) bond motifs is 1. The molecule has 2 N–H and O–H groups in total. The predicted molar refractivity (Wildman–Crippen MR) is 145 cm³/mol. The summed E-state index contributed by atoms with van der Waals surface area (Å²) < 4.78 is 8.42. The van der Waals surface area contributed by atoms with Crippen LogP contribution in [-0.2, 0) is 27.8 Å². The number of esters is 1. The number of halogens is 1. The van der Waals surface area contributed by atoms with Crippen LogP contribution in [0.25, 0.3) is 11.0 Å². The highest BCUT2D eigenvalue weighted by molar-refractivity contribution is 9.10. The zero-order chi connectivity index (χ0) is 26.7. The number of amides is 1. The molecule has 1 saturated heterocycles. The average Bonchev–Trinajstić information content (AvgIpc) is 3.60. The van der Waals surface area contributed by atoms with Crippen molar-refractivity contribution in [3.63, 3.8) is 0 Å². The topological polar surface area (TPSA) is 118 Å². The molecule has 1 fully saturated rings. The third kappa shape index (κ3) is 5.87. The van der Waals surface area contributed by atoms with Crippen molar-refractivity contribution in [3.8, 4) is 0 Å². The Morgan fingerprint density at radius 1 is 1.30 bits per heavy atom. The number of nitrogens with one attached hydrogen (secondary N) is 2. The number of aromatic amines is 1. The molecule has 0 radical (unpaired) electrons. The molecule has 0 saturated carbocycles. The second-order valence-electron chi connectivity index (χ2n) is 10.4. The zero-order valence-corrected chi connectivity index (χ0v) is 23.5. The summed E-state index contributed by atoms with van der Waals surface area (Å²) >= 11 is 3.60. The Morgan fingerprint density at radius 2 is 2.08 bits per heavy atom. The van der Waals surface area contributed by atoms with E-state index in [2.05, 4.69) is 36.2 Å². The molecule has 3 aromatic rings. The number of aromatic nitrogens is 4. The van der Waals surface area contributed by atoms with Gasteiger partial charge in [-0.3, -0.25) is 14.5 Å². The van der Waals surface area contributed by atoms with E-state index in [9.17, 15) is 9.59 Å². The van der Waals surface area contributed by atoms with E-state index >= 15 is 0 Å². The molecule has 0 bridgehead atoms. The van der Waals surface area contributed by atoms with Crippen molar-refractivity contribution < 1.29 is 14.3 Å². The van der Waals surface area contributed by atoms with Gasteiger partial charge in [0.2, 0.25) is 11.9 Å². The van der Waals surface area contributed by atoms with Crippen LogP contribution in [0.3, 0.4) is 0 Å². The monoisotopic (exact) mass is 571 g/mol. The molecular weight excluding hydrogens is 538 g/mol. The second-order valence-corrected chi connectivity index (χ2v) is 11.2. The molecule has 10 nitrogen and oxygen atoms in total. The van der Waals surface area contributed by atoms with Crippen LogP contribution in [0.5, 0.6) is 0 Å². The minimum Gasteiger partial charge on any atom is -0.465 e. The highest BCUT2D eigenvalue weighted by atomic mass is 79.9. The van der Waals surface area contributed by atoms with E-state index in [1.165, 1.54) is 0 Å². The average molecular weight is 573 g/mol. The van der Waals surface area contributed by atoms with Gasteiger partial charge in [-0.1, -0.05) is 6.92 Å². The number of hydrogen-bond acceptors (Lipinski definition) is 6. The maximum absolute atomic E-state index is 13.9. The van der Waals surface area contributed by atoms with E-state index < -0.39 is 5.41 Å². The molecule has 0 spiro atoms. The molecule has 2 aromatic heterocycles. The third-order valence-electron chi connectivity index (χ3n) is 6.63. The van der Waals surface area contributed by atoms with Crippen molar-refractivity contribution in [3.05, 3.63) is 41.2 Å². The van der Waals surface area contributed by atoms with E-state index in [1.807, 2.05) is 51.4 Å². The number of H-pyrrole nitrogens is 1. The predicted octanol–water partition coefficient (Wildman–Crippen LogP) is 3.95. The number of imidazole rings is 2. The summed E-state index contributed by atoms with van der Waals surface area (Å²) in [6.45, 7) is 8.74. The Labute approximate surface area is 225 Å². The third-order valence-corrected chi connectivity index (χ3v) is 7.41. The van der Waals surface area contributed by atoms with Gasteiger partial charge in [-0.15, -0.1) is 0 Å². The number of ether oxygens (including phenoxy) is 1. The number of aryl methyl sites for hydroxylation is 1. The van der Waals surface area contributed by atoms with E-state index in [0.29, 0.717) is 37.6 Å². The fourth-order valence-electron chi connectivity index (χ4n) is 4.43. The Balaban J connectivity index is 1.60. The van der Waals surface area contributed by atoms with Gasteiger partial charge in [0.05, 0.1) is 40.4 Å². The lowest BCUT2D eigenvalue weighted by Crippen LogP contribution is -2.43. The van der Waals surface area contributed by atoms with Crippen molar-refractivity contribution in [2.24, 2.45) is 29.3 Å². The highest BCUT2D eigenvalue weighted by Crippen LogP contribution is 2.32. The lowest BCUT2D eigenvalue weighted by Gasteiger charge is -2.29. The van der Waals surface area contributed by atoms with Gasteiger partial charge in [0, 0.05) is 43.9 Å². The van der Waals surface area contributed by atoms with Crippen LogP contribution in [0.2, 0.25) is 0 Å². The van der Waals surface area contributed by atoms with Crippen molar-refractivity contribution in [1.82, 2.24) is 29.7 Å². The molecular formula is C26H34BrN7O3. The molecule has 1 aliphatic rings. The summed E-state index contributed by atoms with van der Waals surface area (Å²) in [5, 5.41) is 3.25. The fourth-order valence-corrected chi connectivity index (χ4v) is 4.97. The van der Waals surface area contributed by atoms with Gasteiger partial charge < -0.3 is 19.6 Å². The van der Waals surface area contributed by atoms with Crippen LogP contribution in [-0.4, -0.2) is 62.0 Å². The molecule has 2 atom stereocenters. The summed E-state index contributed by atoms with van der Waals surface area (Å²) in [5.74, 6) is -0.404. The highest BCUT2D eigenvalue weighted by Gasteiger charge is 2.36. The number of aliphatic imine (C=N–C) groups is 1. The normalized spacial score (nSPS) is 16.7.